The van der Waals surface area contributed by atoms with Crippen molar-refractivity contribution >= 4 is 17.7 Å². The SMILES string of the molecule is Cc1cc(C(=O)NCC2CCSCC2)ccc1O. The highest BCUT2D eigenvalue weighted by molar-refractivity contribution is 7.99. The van der Waals surface area contributed by atoms with Crippen LogP contribution in [-0.4, -0.2) is 29.1 Å². The maximum absolute atomic E-state index is 12.0. The zero-order chi connectivity index (χ0) is 13.0. The summed E-state index contributed by atoms with van der Waals surface area (Å²) in [6.45, 7) is 2.56. The first-order valence-corrected chi connectivity index (χ1v) is 7.48. The first-order valence-electron chi connectivity index (χ1n) is 6.32. The van der Waals surface area contributed by atoms with Gasteiger partial charge >= 0.3 is 0 Å². The molecular formula is C14H19NO2S. The number of aryl methyl sites for hydroxylation is 1. The van der Waals surface area contributed by atoms with Crippen molar-refractivity contribution in [3.8, 4) is 5.75 Å². The second-order valence-corrected chi connectivity index (χ2v) is 5.99. The Labute approximate surface area is 112 Å². The van der Waals surface area contributed by atoms with Gasteiger partial charge in [0.1, 0.15) is 5.75 Å². The van der Waals surface area contributed by atoms with Gasteiger partial charge in [-0.3, -0.25) is 4.79 Å². The first kappa shape index (κ1) is 13.3. The second kappa shape index (κ2) is 6.14. The number of carbonyl (C=O) groups is 1. The summed E-state index contributed by atoms with van der Waals surface area (Å²) >= 11 is 1.99. The summed E-state index contributed by atoms with van der Waals surface area (Å²) in [4.78, 5) is 12.0. The van der Waals surface area contributed by atoms with E-state index in [4.69, 9.17) is 0 Å². The molecule has 98 valence electrons. The molecule has 1 aliphatic rings. The molecule has 4 heteroatoms. The molecule has 0 radical (unpaired) electrons. The molecule has 1 aromatic carbocycles. The predicted molar refractivity (Wildman–Crippen MR) is 75.2 cm³/mol. The summed E-state index contributed by atoms with van der Waals surface area (Å²) in [6, 6.07) is 4.96. The van der Waals surface area contributed by atoms with E-state index in [1.54, 1.807) is 25.1 Å². The van der Waals surface area contributed by atoms with E-state index < -0.39 is 0 Å². The van der Waals surface area contributed by atoms with Crippen LogP contribution in [0.15, 0.2) is 18.2 Å². The third-order valence-corrected chi connectivity index (χ3v) is 4.40. The summed E-state index contributed by atoms with van der Waals surface area (Å²) in [7, 11) is 0. The summed E-state index contributed by atoms with van der Waals surface area (Å²) in [5.41, 5.74) is 1.35. The fourth-order valence-electron chi connectivity index (χ4n) is 2.09. The number of carbonyl (C=O) groups excluding carboxylic acids is 1. The molecule has 1 fully saturated rings. The predicted octanol–water partition coefficient (Wildman–Crippen LogP) is 2.57. The molecule has 0 atom stereocenters. The van der Waals surface area contributed by atoms with Crippen LogP contribution in [-0.2, 0) is 0 Å². The number of nitrogens with one attached hydrogen (secondary N) is 1. The van der Waals surface area contributed by atoms with E-state index in [9.17, 15) is 9.90 Å². The van der Waals surface area contributed by atoms with Gasteiger partial charge in [0.2, 0.25) is 0 Å². The maximum Gasteiger partial charge on any atom is 0.251 e. The van der Waals surface area contributed by atoms with Gasteiger partial charge in [0.05, 0.1) is 0 Å². The number of aromatic hydroxyl groups is 1. The van der Waals surface area contributed by atoms with Crippen LogP contribution in [0.1, 0.15) is 28.8 Å². The molecule has 0 saturated carbocycles. The minimum atomic E-state index is -0.0451. The molecule has 2 rings (SSSR count). The lowest BCUT2D eigenvalue weighted by Gasteiger charge is -2.21. The van der Waals surface area contributed by atoms with E-state index in [1.165, 1.54) is 24.3 Å². The Morgan fingerprint density at radius 3 is 2.83 bits per heavy atom. The summed E-state index contributed by atoms with van der Waals surface area (Å²) in [5.74, 6) is 3.22. The Morgan fingerprint density at radius 2 is 2.17 bits per heavy atom. The lowest BCUT2D eigenvalue weighted by Crippen LogP contribution is -2.30. The molecule has 0 bridgehead atoms. The zero-order valence-electron chi connectivity index (χ0n) is 10.6. The average Bonchev–Trinajstić information content (AvgIpc) is 2.40. The van der Waals surface area contributed by atoms with Gasteiger partial charge in [0.15, 0.2) is 0 Å². The van der Waals surface area contributed by atoms with Crippen LogP contribution < -0.4 is 5.32 Å². The van der Waals surface area contributed by atoms with Crippen LogP contribution in [0.5, 0.6) is 5.75 Å². The van der Waals surface area contributed by atoms with E-state index in [2.05, 4.69) is 5.32 Å². The van der Waals surface area contributed by atoms with Crippen LogP contribution in [0.4, 0.5) is 0 Å². The highest BCUT2D eigenvalue weighted by Gasteiger charge is 2.15. The van der Waals surface area contributed by atoms with Gasteiger partial charge in [0, 0.05) is 12.1 Å². The van der Waals surface area contributed by atoms with Gasteiger partial charge in [-0.1, -0.05) is 0 Å². The van der Waals surface area contributed by atoms with Gasteiger partial charge in [-0.05, 0) is 61.0 Å². The van der Waals surface area contributed by atoms with Crippen LogP contribution >= 0.6 is 11.8 Å². The van der Waals surface area contributed by atoms with Crippen molar-refractivity contribution in [2.24, 2.45) is 5.92 Å². The van der Waals surface area contributed by atoms with Gasteiger partial charge in [-0.15, -0.1) is 0 Å². The van der Waals surface area contributed by atoms with Crippen molar-refractivity contribution in [2.45, 2.75) is 19.8 Å². The van der Waals surface area contributed by atoms with Crippen LogP contribution in [0.3, 0.4) is 0 Å². The van der Waals surface area contributed by atoms with E-state index in [0.717, 1.165) is 12.1 Å². The number of phenolic OH excluding ortho intramolecular Hbond substituents is 1. The molecule has 2 N–H and O–H groups in total. The Kier molecular flexibility index (Phi) is 4.53. The number of rotatable bonds is 3. The van der Waals surface area contributed by atoms with Crippen molar-refractivity contribution < 1.29 is 9.90 Å². The maximum atomic E-state index is 12.0. The molecule has 0 spiro atoms. The van der Waals surface area contributed by atoms with Gasteiger partial charge in [-0.25, -0.2) is 0 Å². The fourth-order valence-corrected chi connectivity index (χ4v) is 3.29. The standard InChI is InChI=1S/C14H19NO2S/c1-10-8-12(2-3-13(10)16)14(17)15-9-11-4-6-18-7-5-11/h2-3,8,11,16H,4-7,9H2,1H3,(H,15,17). The van der Waals surface area contributed by atoms with Crippen molar-refractivity contribution in [3.05, 3.63) is 29.3 Å². The molecule has 1 aliphatic heterocycles. The largest absolute Gasteiger partial charge is 0.508 e. The topological polar surface area (TPSA) is 49.3 Å². The van der Waals surface area contributed by atoms with Gasteiger partial charge in [0.25, 0.3) is 5.91 Å². The summed E-state index contributed by atoms with van der Waals surface area (Å²) < 4.78 is 0. The van der Waals surface area contributed by atoms with E-state index in [-0.39, 0.29) is 11.7 Å². The highest BCUT2D eigenvalue weighted by atomic mass is 32.2. The van der Waals surface area contributed by atoms with E-state index in [0.29, 0.717) is 11.5 Å². The van der Waals surface area contributed by atoms with Crippen LogP contribution in [0.2, 0.25) is 0 Å². The Morgan fingerprint density at radius 1 is 1.44 bits per heavy atom. The third kappa shape index (κ3) is 3.42. The number of hydrogen-bond acceptors (Lipinski definition) is 3. The molecule has 1 saturated heterocycles. The Bertz CT molecular complexity index is 428. The fraction of sp³-hybridized carbons (Fsp3) is 0.500. The van der Waals surface area contributed by atoms with Crippen molar-refractivity contribution in [3.63, 3.8) is 0 Å². The molecule has 1 aromatic rings. The second-order valence-electron chi connectivity index (χ2n) is 4.77. The molecular weight excluding hydrogens is 246 g/mol. The van der Waals surface area contributed by atoms with Crippen molar-refractivity contribution in [1.82, 2.24) is 5.32 Å². The van der Waals surface area contributed by atoms with Crippen LogP contribution in [0, 0.1) is 12.8 Å². The number of thioether (sulfide) groups is 1. The van der Waals surface area contributed by atoms with Crippen LogP contribution in [0.25, 0.3) is 0 Å². The average molecular weight is 265 g/mol. The minimum Gasteiger partial charge on any atom is -0.508 e. The third-order valence-electron chi connectivity index (χ3n) is 3.35. The molecule has 3 nitrogen and oxygen atoms in total. The lowest BCUT2D eigenvalue weighted by molar-refractivity contribution is 0.0946. The summed E-state index contributed by atoms with van der Waals surface area (Å²) in [6.07, 6.45) is 2.39. The van der Waals surface area contributed by atoms with Gasteiger partial charge < -0.3 is 10.4 Å². The number of phenols is 1. The molecule has 0 aromatic heterocycles. The first-order chi connectivity index (χ1) is 8.66. The summed E-state index contributed by atoms with van der Waals surface area (Å²) in [5, 5.41) is 12.4. The van der Waals surface area contributed by atoms with E-state index >= 15 is 0 Å². The molecule has 0 unspecified atom stereocenters. The number of benzene rings is 1. The van der Waals surface area contributed by atoms with Gasteiger partial charge in [-0.2, -0.15) is 11.8 Å². The lowest BCUT2D eigenvalue weighted by atomic mass is 10.0. The molecule has 0 aliphatic carbocycles. The number of hydrogen-bond donors (Lipinski definition) is 2. The van der Waals surface area contributed by atoms with Crippen molar-refractivity contribution in [1.29, 1.82) is 0 Å². The zero-order valence-corrected chi connectivity index (χ0v) is 11.4. The molecule has 18 heavy (non-hydrogen) atoms. The normalized spacial score (nSPS) is 16.5. The highest BCUT2D eigenvalue weighted by Crippen LogP contribution is 2.22. The number of amides is 1. The monoisotopic (exact) mass is 265 g/mol. The van der Waals surface area contributed by atoms with E-state index in [1.807, 2.05) is 11.8 Å². The Hall–Kier alpha value is -1.16. The molecule has 1 amide bonds. The quantitative estimate of drug-likeness (QED) is 0.883. The van der Waals surface area contributed by atoms with Crippen molar-refractivity contribution in [2.75, 3.05) is 18.1 Å². The molecule has 1 heterocycles. The minimum absolute atomic E-state index is 0.0451. The smallest absolute Gasteiger partial charge is 0.251 e. The Balaban J connectivity index is 1.88.